The van der Waals surface area contributed by atoms with Gasteiger partial charge in [-0.25, -0.2) is 8.42 Å². The fraction of sp³-hybridized carbons (Fsp3) is 0.700. The molecule has 1 aromatic rings. The summed E-state index contributed by atoms with van der Waals surface area (Å²) in [5.74, 6) is 0.825. The minimum atomic E-state index is -3.37. The summed E-state index contributed by atoms with van der Waals surface area (Å²) in [5, 5.41) is 3.25. The van der Waals surface area contributed by atoms with Crippen LogP contribution in [0.1, 0.15) is 31.4 Å². The monoisotopic (exact) mass is 259 g/mol. The molecule has 1 aliphatic rings. The number of nitrogens with one attached hydrogen (secondary N) is 1. The number of aromatic nitrogens is 1. The number of rotatable bonds is 3. The average Bonchev–Trinajstić information content (AvgIpc) is 2.63. The summed E-state index contributed by atoms with van der Waals surface area (Å²) in [6, 6.07) is 1.70. The molecule has 1 aromatic heterocycles. The molecule has 2 rings (SSSR count). The molecule has 0 unspecified atom stereocenters. The van der Waals surface area contributed by atoms with Crippen LogP contribution in [-0.2, 0) is 10.0 Å². The van der Waals surface area contributed by atoms with E-state index in [2.05, 4.69) is 9.88 Å². The van der Waals surface area contributed by atoms with Crippen LogP contribution in [0.4, 0.5) is 5.82 Å². The zero-order valence-electron chi connectivity index (χ0n) is 9.72. The Kier molecular flexibility index (Phi) is 3.39. The lowest BCUT2D eigenvalue weighted by atomic mass is 9.96. The Balaban J connectivity index is 2.04. The van der Waals surface area contributed by atoms with Crippen molar-refractivity contribution in [3.63, 3.8) is 0 Å². The highest BCUT2D eigenvalue weighted by atomic mass is 32.2. The predicted octanol–water partition coefficient (Wildman–Crippen LogP) is 0.995. The summed E-state index contributed by atoms with van der Waals surface area (Å²) in [4.78, 5) is 0. The highest BCUT2D eigenvalue weighted by molar-refractivity contribution is 7.93. The van der Waals surface area contributed by atoms with E-state index in [1.807, 2.05) is 0 Å². The minimum absolute atomic E-state index is 0.135. The van der Waals surface area contributed by atoms with Gasteiger partial charge in [-0.1, -0.05) is 5.16 Å². The Bertz CT molecular complexity index is 475. The van der Waals surface area contributed by atoms with Crippen molar-refractivity contribution in [2.45, 2.75) is 43.9 Å². The smallest absolute Gasteiger partial charge is 0.236 e. The van der Waals surface area contributed by atoms with Gasteiger partial charge in [0, 0.05) is 12.1 Å². The van der Waals surface area contributed by atoms with Crippen LogP contribution in [0.15, 0.2) is 10.6 Å². The van der Waals surface area contributed by atoms with Gasteiger partial charge in [-0.05, 0) is 32.6 Å². The topological polar surface area (TPSA) is 98.2 Å². The van der Waals surface area contributed by atoms with Crippen LogP contribution in [0.3, 0.4) is 0 Å². The van der Waals surface area contributed by atoms with Crippen molar-refractivity contribution >= 4 is 15.8 Å². The van der Waals surface area contributed by atoms with Gasteiger partial charge < -0.3 is 10.3 Å². The third-order valence-electron chi connectivity index (χ3n) is 3.03. The molecule has 0 aromatic carbocycles. The molecule has 0 amide bonds. The highest BCUT2D eigenvalue weighted by Crippen LogP contribution is 2.24. The Morgan fingerprint density at radius 2 is 2.06 bits per heavy atom. The number of aryl methyl sites for hydroxylation is 1. The maximum Gasteiger partial charge on any atom is 0.236 e. The first-order chi connectivity index (χ1) is 7.97. The van der Waals surface area contributed by atoms with Gasteiger partial charge in [0.05, 0.1) is 5.25 Å². The van der Waals surface area contributed by atoms with Gasteiger partial charge in [0.25, 0.3) is 0 Å². The van der Waals surface area contributed by atoms with Crippen molar-refractivity contribution in [3.05, 3.63) is 11.8 Å². The Morgan fingerprint density at radius 1 is 1.41 bits per heavy atom. The van der Waals surface area contributed by atoms with Crippen LogP contribution in [0, 0.1) is 6.92 Å². The largest absolute Gasteiger partial charge is 0.360 e. The van der Waals surface area contributed by atoms with E-state index in [9.17, 15) is 8.42 Å². The molecule has 7 heteroatoms. The summed E-state index contributed by atoms with van der Waals surface area (Å²) >= 11 is 0. The highest BCUT2D eigenvalue weighted by Gasteiger charge is 2.30. The van der Waals surface area contributed by atoms with Gasteiger partial charge >= 0.3 is 0 Å². The van der Waals surface area contributed by atoms with E-state index in [-0.39, 0.29) is 17.1 Å². The summed E-state index contributed by atoms with van der Waals surface area (Å²) in [6.45, 7) is 1.71. The molecular weight excluding hydrogens is 242 g/mol. The number of sulfonamides is 1. The second-order valence-corrected chi connectivity index (χ2v) is 6.47. The second-order valence-electron chi connectivity index (χ2n) is 4.51. The molecule has 96 valence electrons. The maximum atomic E-state index is 12.0. The summed E-state index contributed by atoms with van der Waals surface area (Å²) in [5.41, 5.74) is 5.75. The first kappa shape index (κ1) is 12.4. The zero-order valence-corrected chi connectivity index (χ0v) is 10.5. The lowest BCUT2D eigenvalue weighted by Gasteiger charge is -2.25. The normalized spacial score (nSPS) is 25.8. The summed E-state index contributed by atoms with van der Waals surface area (Å²) < 4.78 is 31.3. The van der Waals surface area contributed by atoms with Crippen molar-refractivity contribution in [2.75, 3.05) is 4.72 Å². The first-order valence-electron chi connectivity index (χ1n) is 5.68. The maximum absolute atomic E-state index is 12.0. The second kappa shape index (κ2) is 4.66. The molecule has 3 N–H and O–H groups in total. The van der Waals surface area contributed by atoms with Crippen LogP contribution in [0.25, 0.3) is 0 Å². The van der Waals surface area contributed by atoms with E-state index in [0.29, 0.717) is 18.6 Å². The Labute approximate surface area is 101 Å². The Morgan fingerprint density at radius 3 is 2.59 bits per heavy atom. The number of hydrogen-bond donors (Lipinski definition) is 2. The van der Waals surface area contributed by atoms with Crippen LogP contribution in [-0.4, -0.2) is 24.9 Å². The van der Waals surface area contributed by atoms with E-state index in [1.54, 1.807) is 13.0 Å². The van der Waals surface area contributed by atoms with E-state index in [0.717, 1.165) is 12.8 Å². The standard InChI is InChI=1S/C10H17N3O3S/c1-7-6-10(12-16-7)13-17(14,15)9-4-2-8(11)3-5-9/h6,8-9H,2-5,11H2,1H3,(H,12,13). The molecule has 0 bridgehead atoms. The quantitative estimate of drug-likeness (QED) is 0.843. The molecule has 1 saturated carbocycles. The van der Waals surface area contributed by atoms with E-state index in [1.165, 1.54) is 0 Å². The number of nitrogens with two attached hydrogens (primary N) is 1. The van der Waals surface area contributed by atoms with Gasteiger partial charge in [-0.2, -0.15) is 0 Å². The van der Waals surface area contributed by atoms with Gasteiger partial charge in [-0.3, -0.25) is 4.72 Å². The van der Waals surface area contributed by atoms with Crippen LogP contribution in [0.2, 0.25) is 0 Å². The van der Waals surface area contributed by atoms with Gasteiger partial charge in [0.15, 0.2) is 5.82 Å². The molecular formula is C10H17N3O3S. The molecule has 0 aliphatic heterocycles. The van der Waals surface area contributed by atoms with E-state index >= 15 is 0 Å². The molecule has 6 nitrogen and oxygen atoms in total. The lowest BCUT2D eigenvalue weighted by molar-refractivity contribution is 0.400. The molecule has 0 saturated heterocycles. The van der Waals surface area contributed by atoms with Crippen molar-refractivity contribution in [1.29, 1.82) is 0 Å². The van der Waals surface area contributed by atoms with Crippen LogP contribution >= 0.6 is 0 Å². The third-order valence-corrected chi connectivity index (χ3v) is 4.88. The number of anilines is 1. The summed E-state index contributed by atoms with van der Waals surface area (Å²) in [6.07, 6.45) is 2.72. The van der Waals surface area contributed by atoms with Gasteiger partial charge in [0.1, 0.15) is 5.76 Å². The fourth-order valence-corrected chi connectivity index (χ4v) is 3.49. The zero-order chi connectivity index (χ0) is 12.5. The van der Waals surface area contributed by atoms with E-state index in [4.69, 9.17) is 10.3 Å². The number of nitrogens with zero attached hydrogens (tertiary/aromatic N) is 1. The lowest BCUT2D eigenvalue weighted by Crippen LogP contribution is -2.36. The fourth-order valence-electron chi connectivity index (χ4n) is 2.04. The summed E-state index contributed by atoms with van der Waals surface area (Å²) in [7, 11) is -3.37. The molecule has 0 atom stereocenters. The van der Waals surface area contributed by atoms with E-state index < -0.39 is 10.0 Å². The van der Waals surface area contributed by atoms with Crippen molar-refractivity contribution in [2.24, 2.45) is 5.73 Å². The Hall–Kier alpha value is -1.08. The SMILES string of the molecule is Cc1cc(NS(=O)(=O)C2CCC(N)CC2)no1. The van der Waals surface area contributed by atoms with Crippen molar-refractivity contribution in [3.8, 4) is 0 Å². The van der Waals surface area contributed by atoms with Gasteiger partial charge in [0.2, 0.25) is 10.0 Å². The molecule has 1 heterocycles. The van der Waals surface area contributed by atoms with Crippen molar-refractivity contribution in [1.82, 2.24) is 5.16 Å². The average molecular weight is 259 g/mol. The van der Waals surface area contributed by atoms with Crippen LogP contribution < -0.4 is 10.5 Å². The molecule has 0 spiro atoms. The predicted molar refractivity (Wildman–Crippen MR) is 64.0 cm³/mol. The first-order valence-corrected chi connectivity index (χ1v) is 7.22. The van der Waals surface area contributed by atoms with Crippen LogP contribution in [0.5, 0.6) is 0 Å². The molecule has 0 radical (unpaired) electrons. The van der Waals surface area contributed by atoms with Crippen molar-refractivity contribution < 1.29 is 12.9 Å². The minimum Gasteiger partial charge on any atom is -0.360 e. The molecule has 1 aliphatic carbocycles. The molecule has 1 fully saturated rings. The number of hydrogen-bond acceptors (Lipinski definition) is 5. The van der Waals surface area contributed by atoms with Gasteiger partial charge in [-0.15, -0.1) is 0 Å². The molecule has 17 heavy (non-hydrogen) atoms. The third kappa shape index (κ3) is 2.98.